The maximum Gasteiger partial charge on any atom is 0.469 e. The fourth-order valence-corrected chi connectivity index (χ4v) is 3.42. The van der Waals surface area contributed by atoms with Crippen molar-refractivity contribution < 1.29 is 32.8 Å². The average Bonchev–Trinajstić information content (AvgIpc) is 2.94. The van der Waals surface area contributed by atoms with E-state index in [1.807, 2.05) is 0 Å². The van der Waals surface area contributed by atoms with E-state index in [4.69, 9.17) is 21.4 Å². The highest BCUT2D eigenvalue weighted by Gasteiger charge is 2.39. The summed E-state index contributed by atoms with van der Waals surface area (Å²) in [5, 5.41) is 11.0. The van der Waals surface area contributed by atoms with E-state index in [0.29, 0.717) is 0 Å². The predicted octanol–water partition coefficient (Wildman–Crippen LogP) is 1.71. The molecule has 0 bridgehead atoms. The molecule has 2 heterocycles. The van der Waals surface area contributed by atoms with Crippen LogP contribution in [-0.4, -0.2) is 32.3 Å². The van der Waals surface area contributed by atoms with E-state index in [-0.39, 0.29) is 33.4 Å². The Kier molecular flexibility index (Phi) is 5.64. The number of pyridine rings is 1. The van der Waals surface area contributed by atoms with E-state index in [9.17, 15) is 18.5 Å². The molecule has 0 radical (unpaired) electrons. The highest BCUT2D eigenvalue weighted by Crippen LogP contribution is 2.38. The third-order valence-corrected chi connectivity index (χ3v) is 5.00. The molecule has 8 nitrogen and oxygen atoms in total. The summed E-state index contributed by atoms with van der Waals surface area (Å²) in [6, 6.07) is 3.15. The van der Waals surface area contributed by atoms with E-state index in [2.05, 4.69) is 19.5 Å². The molecule has 1 aromatic heterocycles. The monoisotopic (exact) mass is 433 g/mol. The maximum absolute atomic E-state index is 13.7. The molecule has 1 aliphatic rings. The van der Waals surface area contributed by atoms with Gasteiger partial charge >= 0.3 is 7.82 Å². The third-order valence-electron chi connectivity index (χ3n) is 4.23. The number of phosphoric acid groups is 1. The first-order valence-corrected chi connectivity index (χ1v) is 9.97. The molecule has 0 saturated heterocycles. The van der Waals surface area contributed by atoms with Crippen LogP contribution in [0.4, 0.5) is 8.78 Å². The fourth-order valence-electron chi connectivity index (χ4n) is 2.80. The molecule has 0 aliphatic carbocycles. The second kappa shape index (κ2) is 7.55. The Bertz CT molecular complexity index is 1100. The molecule has 150 valence electrons. The van der Waals surface area contributed by atoms with Crippen LogP contribution in [0.1, 0.15) is 13.3 Å². The Labute approximate surface area is 162 Å². The van der Waals surface area contributed by atoms with Gasteiger partial charge in [-0.2, -0.15) is 0 Å². The first kappa shape index (κ1) is 20.9. The van der Waals surface area contributed by atoms with Gasteiger partial charge in [-0.1, -0.05) is 24.6 Å². The van der Waals surface area contributed by atoms with E-state index >= 15 is 0 Å². The van der Waals surface area contributed by atoms with Crippen LogP contribution in [-0.2, 0) is 9.09 Å². The number of nitrogens with zero attached hydrogens (tertiary/aromatic N) is 3. The molecule has 3 rings (SSSR count). The number of rotatable bonds is 6. The van der Waals surface area contributed by atoms with Crippen molar-refractivity contribution in [1.82, 2.24) is 4.98 Å². The predicted molar refractivity (Wildman–Crippen MR) is 93.6 cm³/mol. The van der Waals surface area contributed by atoms with Crippen LogP contribution >= 0.6 is 19.4 Å². The number of aromatic nitrogens is 1. The summed E-state index contributed by atoms with van der Waals surface area (Å²) in [6.07, 6.45) is 1.45. The molecule has 3 N–H and O–H groups in total. The molecule has 12 heteroatoms. The largest absolute Gasteiger partial charge is 0.469 e. The first-order valence-electron chi connectivity index (χ1n) is 8.06. The lowest BCUT2D eigenvalue weighted by Crippen LogP contribution is -2.36. The third kappa shape index (κ3) is 4.12. The molecule has 0 saturated carbocycles. The Morgan fingerprint density at radius 3 is 2.61 bits per heavy atom. The van der Waals surface area contributed by atoms with Gasteiger partial charge < -0.3 is 14.9 Å². The topological polar surface area (TPSA) is 125 Å². The van der Waals surface area contributed by atoms with Gasteiger partial charge in [0.2, 0.25) is 0 Å². The zero-order valence-electron chi connectivity index (χ0n) is 14.4. The van der Waals surface area contributed by atoms with Crippen molar-refractivity contribution >= 4 is 19.4 Å². The van der Waals surface area contributed by atoms with Crippen LogP contribution < -0.4 is 10.8 Å². The van der Waals surface area contributed by atoms with E-state index in [1.54, 1.807) is 6.92 Å². The van der Waals surface area contributed by atoms with Crippen LogP contribution in [0, 0.1) is 17.6 Å². The lowest BCUT2D eigenvalue weighted by Gasteiger charge is -2.25. The Morgan fingerprint density at radius 2 is 2.00 bits per heavy atom. The first-order chi connectivity index (χ1) is 13.0. The van der Waals surface area contributed by atoms with E-state index < -0.39 is 37.8 Å². The lowest BCUT2D eigenvalue weighted by molar-refractivity contribution is -0.0275. The van der Waals surface area contributed by atoms with Gasteiger partial charge in [-0.15, -0.1) is 0 Å². The van der Waals surface area contributed by atoms with Crippen molar-refractivity contribution in [3.8, 4) is 11.1 Å². The number of halogens is 3. The lowest BCUT2D eigenvalue weighted by atomic mass is 10.0. The summed E-state index contributed by atoms with van der Waals surface area (Å²) in [4.78, 5) is 29.9. The Balaban J connectivity index is 2.11. The highest BCUT2D eigenvalue weighted by molar-refractivity contribution is 7.46. The van der Waals surface area contributed by atoms with Crippen molar-refractivity contribution in [1.29, 1.82) is 0 Å². The molecule has 0 fully saturated rings. The zero-order valence-corrected chi connectivity index (χ0v) is 16.0. The van der Waals surface area contributed by atoms with E-state index in [1.165, 1.54) is 12.3 Å². The number of benzene rings is 1. The summed E-state index contributed by atoms with van der Waals surface area (Å²) in [7, 11) is -4.76. The van der Waals surface area contributed by atoms with Gasteiger partial charge in [0.1, 0.15) is 5.36 Å². The average molecular weight is 434 g/mol. The van der Waals surface area contributed by atoms with Crippen molar-refractivity contribution in [3.63, 3.8) is 0 Å². The minimum atomic E-state index is -4.76. The normalized spacial score (nSPS) is 19.7. The smallest absolute Gasteiger partial charge is 0.351 e. The van der Waals surface area contributed by atoms with Crippen LogP contribution in [0.5, 0.6) is 0 Å². The Morgan fingerprint density at radius 1 is 1.29 bits per heavy atom. The van der Waals surface area contributed by atoms with Crippen LogP contribution in [0.25, 0.3) is 11.1 Å². The van der Waals surface area contributed by atoms with Crippen molar-refractivity contribution in [2.45, 2.75) is 19.2 Å². The van der Waals surface area contributed by atoms with Crippen molar-refractivity contribution in [3.05, 3.63) is 51.9 Å². The number of phosphoric ester groups is 1. The number of aliphatic hydroxyl groups is 1. The molecule has 1 aliphatic heterocycles. The SMILES string of the molecule is CCC(COP(=O)(O)O)C1(O)N=c2ncc(Cl)c(-c3ccc(F)c(F)c3)c2=N1. The molecule has 2 aromatic rings. The number of hydrogen-bond donors (Lipinski definition) is 3. The molecule has 28 heavy (non-hydrogen) atoms. The number of hydrogen-bond acceptors (Lipinski definition) is 6. The second-order valence-electron chi connectivity index (χ2n) is 6.08. The van der Waals surface area contributed by atoms with Gasteiger partial charge in [-0.3, -0.25) is 4.52 Å². The Hall–Kier alpha value is -1.81. The summed E-state index contributed by atoms with van der Waals surface area (Å²) < 4.78 is 42.4. The molecular weight excluding hydrogens is 419 g/mol. The van der Waals surface area contributed by atoms with Crippen molar-refractivity contribution in [2.24, 2.45) is 15.9 Å². The quantitative estimate of drug-likeness (QED) is 0.596. The second-order valence-corrected chi connectivity index (χ2v) is 7.73. The van der Waals surface area contributed by atoms with Crippen LogP contribution in [0.15, 0.2) is 34.4 Å². The van der Waals surface area contributed by atoms with Crippen molar-refractivity contribution in [2.75, 3.05) is 6.61 Å². The standard InChI is InChI=1S/C16H15ClF2N3O5P/c1-2-9(7-27-28(24,25)26)16(23)21-14-13(10(17)6-20-15(14)22-16)8-3-4-11(18)12(19)5-8/h3-6,9,23H,2,7H2,1H3,(H2,24,25,26). The molecule has 2 unspecified atom stereocenters. The van der Waals surface area contributed by atoms with Gasteiger partial charge in [0.25, 0.3) is 5.85 Å². The molecule has 2 atom stereocenters. The molecule has 1 aromatic carbocycles. The van der Waals surface area contributed by atoms with Crippen LogP contribution in [0.2, 0.25) is 5.02 Å². The summed E-state index contributed by atoms with van der Waals surface area (Å²) in [5.74, 6) is -5.15. The van der Waals surface area contributed by atoms with Gasteiger partial charge in [0, 0.05) is 11.8 Å². The van der Waals surface area contributed by atoms with Crippen LogP contribution in [0.3, 0.4) is 0 Å². The fraction of sp³-hybridized carbons (Fsp3) is 0.312. The summed E-state index contributed by atoms with van der Waals surface area (Å²) in [5.41, 5.74) is 0.391. The highest BCUT2D eigenvalue weighted by atomic mass is 35.5. The van der Waals surface area contributed by atoms with E-state index in [0.717, 1.165) is 12.1 Å². The van der Waals surface area contributed by atoms with Gasteiger partial charge in [0.05, 0.1) is 17.5 Å². The molecular formula is C16H15ClF2N3O5P. The molecule has 0 amide bonds. The zero-order chi connectivity index (χ0) is 20.7. The van der Waals surface area contributed by atoms with Gasteiger partial charge in [0.15, 0.2) is 17.1 Å². The number of fused-ring (bicyclic) bond motifs is 1. The molecule has 0 spiro atoms. The van der Waals surface area contributed by atoms with Gasteiger partial charge in [-0.25, -0.2) is 28.3 Å². The minimum absolute atomic E-state index is 0.00117. The van der Waals surface area contributed by atoms with Gasteiger partial charge in [-0.05, 0) is 24.1 Å². The maximum atomic E-state index is 13.7. The summed E-state index contributed by atoms with van der Waals surface area (Å²) >= 11 is 6.17. The minimum Gasteiger partial charge on any atom is -0.351 e. The summed E-state index contributed by atoms with van der Waals surface area (Å²) in [6.45, 7) is 1.13.